The molecule has 0 radical (unpaired) electrons. The van der Waals surface area contributed by atoms with Gasteiger partial charge in [-0.15, -0.1) is 0 Å². The van der Waals surface area contributed by atoms with Crippen LogP contribution >= 0.6 is 27.5 Å². The number of carbonyl (C=O) groups is 1. The van der Waals surface area contributed by atoms with Crippen LogP contribution < -0.4 is 10.1 Å². The van der Waals surface area contributed by atoms with Crippen molar-refractivity contribution in [2.24, 2.45) is 0 Å². The molecule has 0 fully saturated rings. The quantitative estimate of drug-likeness (QED) is 0.558. The highest BCUT2D eigenvalue weighted by Gasteiger charge is 2.23. The van der Waals surface area contributed by atoms with Crippen LogP contribution in [0.5, 0.6) is 5.75 Å². The molecule has 0 spiro atoms. The second-order valence-corrected chi connectivity index (χ2v) is 7.92. The van der Waals surface area contributed by atoms with Crippen molar-refractivity contribution >= 4 is 33.4 Å². The molecule has 0 aliphatic carbocycles. The van der Waals surface area contributed by atoms with Gasteiger partial charge in [0.2, 0.25) is 5.91 Å². The van der Waals surface area contributed by atoms with E-state index in [0.717, 1.165) is 27.8 Å². The van der Waals surface area contributed by atoms with Gasteiger partial charge in [-0.05, 0) is 42.5 Å². The first-order valence-corrected chi connectivity index (χ1v) is 10.2. The van der Waals surface area contributed by atoms with Crippen LogP contribution in [-0.4, -0.2) is 17.5 Å². The molecule has 1 N–H and O–H groups in total. The Morgan fingerprint density at radius 3 is 2.89 bits per heavy atom. The number of nitrogens with zero attached hydrogens (tertiary/aromatic N) is 1. The average molecular weight is 462 g/mol. The van der Waals surface area contributed by atoms with Crippen molar-refractivity contribution in [3.8, 4) is 17.1 Å². The van der Waals surface area contributed by atoms with Crippen LogP contribution in [0.4, 0.5) is 0 Å². The lowest BCUT2D eigenvalue weighted by molar-refractivity contribution is -0.122. The maximum atomic E-state index is 12.4. The molecular formula is C21H18BrClN2O3. The fourth-order valence-corrected chi connectivity index (χ4v) is 3.68. The highest BCUT2D eigenvalue weighted by atomic mass is 79.9. The number of fused-ring (bicyclic) bond motifs is 1. The zero-order valence-corrected chi connectivity index (χ0v) is 17.3. The second-order valence-electron chi connectivity index (χ2n) is 6.56. The number of rotatable bonds is 5. The Morgan fingerprint density at radius 2 is 2.07 bits per heavy atom. The highest BCUT2D eigenvalue weighted by Crippen LogP contribution is 2.34. The van der Waals surface area contributed by atoms with Gasteiger partial charge in [-0.2, -0.15) is 0 Å². The number of aryl methyl sites for hydroxylation is 1. The fraction of sp³-hybridized carbons (Fsp3) is 0.238. The molecule has 3 aromatic rings. The summed E-state index contributed by atoms with van der Waals surface area (Å²) in [5, 5.41) is 3.76. The molecule has 1 aliphatic heterocycles. The van der Waals surface area contributed by atoms with E-state index in [1.54, 1.807) is 18.3 Å². The summed E-state index contributed by atoms with van der Waals surface area (Å²) in [6, 6.07) is 13.1. The number of carbonyl (C=O) groups excluding carboxylic acids is 1. The number of oxazole rings is 1. The number of aromatic nitrogens is 1. The molecule has 5 nitrogen and oxygen atoms in total. The van der Waals surface area contributed by atoms with E-state index in [-0.39, 0.29) is 11.9 Å². The Hall–Kier alpha value is -2.31. The Bertz CT molecular complexity index is 988. The lowest BCUT2D eigenvalue weighted by Gasteiger charge is -2.27. The van der Waals surface area contributed by atoms with E-state index in [9.17, 15) is 4.79 Å². The number of halogens is 2. The molecule has 28 heavy (non-hydrogen) atoms. The van der Waals surface area contributed by atoms with Gasteiger partial charge < -0.3 is 14.5 Å². The van der Waals surface area contributed by atoms with Crippen LogP contribution in [0.1, 0.15) is 30.3 Å². The lowest BCUT2D eigenvalue weighted by atomic mass is 10.0. The van der Waals surface area contributed by atoms with Gasteiger partial charge >= 0.3 is 0 Å². The van der Waals surface area contributed by atoms with Crippen molar-refractivity contribution in [1.29, 1.82) is 0 Å². The summed E-state index contributed by atoms with van der Waals surface area (Å²) in [4.78, 5) is 16.7. The third-order valence-corrected chi connectivity index (χ3v) is 5.34. The molecule has 2 aromatic carbocycles. The van der Waals surface area contributed by atoms with Gasteiger partial charge in [0.25, 0.3) is 0 Å². The van der Waals surface area contributed by atoms with E-state index in [1.165, 1.54) is 0 Å². The van der Waals surface area contributed by atoms with E-state index >= 15 is 0 Å². The molecule has 4 rings (SSSR count). The lowest BCUT2D eigenvalue weighted by Crippen LogP contribution is -2.32. The van der Waals surface area contributed by atoms with E-state index in [0.29, 0.717) is 36.1 Å². The summed E-state index contributed by atoms with van der Waals surface area (Å²) in [5.41, 5.74) is 1.90. The first kappa shape index (κ1) is 19.0. The SMILES string of the molecule is O=C(CCc1ncc(-c2ccc(Cl)cc2)o1)NC1CCOc2ccc(Br)cc21. The van der Waals surface area contributed by atoms with Crippen LogP contribution in [0.3, 0.4) is 0 Å². The van der Waals surface area contributed by atoms with Crippen molar-refractivity contribution in [3.63, 3.8) is 0 Å². The Balaban J connectivity index is 1.36. The van der Waals surface area contributed by atoms with Crippen molar-refractivity contribution < 1.29 is 13.9 Å². The van der Waals surface area contributed by atoms with Crippen molar-refractivity contribution in [3.05, 3.63) is 69.6 Å². The normalized spacial score (nSPS) is 15.6. The van der Waals surface area contributed by atoms with Crippen molar-refractivity contribution in [1.82, 2.24) is 10.3 Å². The van der Waals surface area contributed by atoms with Gasteiger partial charge in [0, 0.05) is 39.9 Å². The number of amides is 1. The summed E-state index contributed by atoms with van der Waals surface area (Å²) in [6.07, 6.45) is 3.16. The summed E-state index contributed by atoms with van der Waals surface area (Å²) in [6.45, 7) is 0.587. The van der Waals surface area contributed by atoms with Gasteiger partial charge in [0.15, 0.2) is 11.7 Å². The third kappa shape index (κ3) is 4.39. The summed E-state index contributed by atoms with van der Waals surface area (Å²) >= 11 is 9.38. The minimum atomic E-state index is -0.0528. The summed E-state index contributed by atoms with van der Waals surface area (Å²) < 4.78 is 12.4. The van der Waals surface area contributed by atoms with Crippen LogP contribution in [0.2, 0.25) is 5.02 Å². The van der Waals surface area contributed by atoms with Gasteiger partial charge in [0.05, 0.1) is 18.8 Å². The van der Waals surface area contributed by atoms with Gasteiger partial charge in [0.1, 0.15) is 5.75 Å². The number of benzene rings is 2. The van der Waals surface area contributed by atoms with Crippen LogP contribution in [0.15, 0.2) is 57.6 Å². The Kier molecular flexibility index (Phi) is 5.69. The van der Waals surface area contributed by atoms with Crippen molar-refractivity contribution in [2.75, 3.05) is 6.61 Å². The molecular weight excluding hydrogens is 444 g/mol. The molecule has 144 valence electrons. The van der Waals surface area contributed by atoms with Crippen LogP contribution in [0.25, 0.3) is 11.3 Å². The number of nitrogens with one attached hydrogen (secondary N) is 1. The van der Waals surface area contributed by atoms with Crippen LogP contribution in [-0.2, 0) is 11.2 Å². The molecule has 1 unspecified atom stereocenters. The fourth-order valence-electron chi connectivity index (χ4n) is 3.18. The molecule has 2 heterocycles. The molecule has 0 saturated heterocycles. The maximum absolute atomic E-state index is 12.4. The molecule has 1 aromatic heterocycles. The zero-order valence-electron chi connectivity index (χ0n) is 15.0. The molecule has 1 atom stereocenters. The van der Waals surface area contributed by atoms with Gasteiger partial charge in [-0.25, -0.2) is 4.98 Å². The van der Waals surface area contributed by atoms with E-state index in [4.69, 9.17) is 20.8 Å². The maximum Gasteiger partial charge on any atom is 0.220 e. The summed E-state index contributed by atoms with van der Waals surface area (Å²) in [7, 11) is 0. The molecule has 1 amide bonds. The largest absolute Gasteiger partial charge is 0.493 e. The second kappa shape index (κ2) is 8.37. The van der Waals surface area contributed by atoms with E-state index < -0.39 is 0 Å². The first-order valence-electron chi connectivity index (χ1n) is 9.01. The van der Waals surface area contributed by atoms with E-state index in [2.05, 4.69) is 26.2 Å². The standard InChI is InChI=1S/C21H18BrClN2O3/c22-14-3-6-18-16(11-14)17(9-10-27-18)25-20(26)7-8-21-24-12-19(28-21)13-1-4-15(23)5-2-13/h1-6,11-12,17H,7-10H2,(H,25,26). The van der Waals surface area contributed by atoms with Crippen molar-refractivity contribution in [2.45, 2.75) is 25.3 Å². The molecule has 7 heteroatoms. The third-order valence-electron chi connectivity index (χ3n) is 4.59. The summed E-state index contributed by atoms with van der Waals surface area (Å²) in [5.74, 6) is 1.98. The molecule has 0 saturated carbocycles. The number of hydrogen-bond acceptors (Lipinski definition) is 4. The van der Waals surface area contributed by atoms with Crippen LogP contribution in [0, 0.1) is 0 Å². The van der Waals surface area contributed by atoms with Gasteiger partial charge in [-0.1, -0.05) is 27.5 Å². The highest BCUT2D eigenvalue weighted by molar-refractivity contribution is 9.10. The monoisotopic (exact) mass is 460 g/mol. The Labute approximate surface area is 176 Å². The number of ether oxygens (including phenoxy) is 1. The smallest absolute Gasteiger partial charge is 0.220 e. The molecule has 0 bridgehead atoms. The minimum absolute atomic E-state index is 0.0379. The van der Waals surface area contributed by atoms with E-state index in [1.807, 2.05) is 30.3 Å². The van der Waals surface area contributed by atoms with Gasteiger partial charge in [-0.3, -0.25) is 4.79 Å². The predicted octanol–water partition coefficient (Wildman–Crippen LogP) is 5.33. The topological polar surface area (TPSA) is 64.4 Å². The minimum Gasteiger partial charge on any atom is -0.493 e. The average Bonchev–Trinajstić information content (AvgIpc) is 3.16. The number of hydrogen-bond donors (Lipinski definition) is 1. The molecule has 1 aliphatic rings. The zero-order chi connectivity index (χ0) is 19.5. The first-order chi connectivity index (χ1) is 13.6. The predicted molar refractivity (Wildman–Crippen MR) is 110 cm³/mol. The Morgan fingerprint density at radius 1 is 1.25 bits per heavy atom.